The number of nitrogen functional groups attached to an aromatic ring is 2. The highest BCUT2D eigenvalue weighted by Gasteiger charge is 2.06. The minimum Gasteiger partial charge on any atom is -0.382 e. The van der Waals surface area contributed by atoms with Gasteiger partial charge in [-0.05, 0) is 37.1 Å². The highest BCUT2D eigenvalue weighted by Crippen LogP contribution is 2.13. The molecular weight excluding hydrogens is 276 g/mol. The molecule has 0 bridgehead atoms. The van der Waals surface area contributed by atoms with Crippen LogP contribution in [-0.2, 0) is 0 Å². The molecule has 1 heterocycles. The summed E-state index contributed by atoms with van der Waals surface area (Å²) in [7, 11) is 0. The van der Waals surface area contributed by atoms with Crippen LogP contribution in [-0.4, -0.2) is 15.8 Å². The molecule has 1 aromatic carbocycles. The van der Waals surface area contributed by atoms with Gasteiger partial charge in [-0.2, -0.15) is 4.98 Å². The van der Waals surface area contributed by atoms with Gasteiger partial charge in [-0.1, -0.05) is 17.5 Å². The molecular formula is C14H11ClN4O. The second-order valence-corrected chi connectivity index (χ2v) is 4.45. The van der Waals surface area contributed by atoms with E-state index in [9.17, 15) is 4.79 Å². The quantitative estimate of drug-likeness (QED) is 0.616. The Balaban J connectivity index is 2.32. The van der Waals surface area contributed by atoms with Crippen LogP contribution < -0.4 is 11.5 Å². The Bertz CT molecular complexity index is 706. The number of carbonyl (C=O) groups excluding carboxylic acids is 1. The van der Waals surface area contributed by atoms with Crippen molar-refractivity contribution in [3.05, 3.63) is 46.1 Å². The van der Waals surface area contributed by atoms with Crippen LogP contribution in [0.15, 0.2) is 24.3 Å². The van der Waals surface area contributed by atoms with Crippen molar-refractivity contribution in [3.63, 3.8) is 0 Å². The van der Waals surface area contributed by atoms with Gasteiger partial charge in [0.05, 0.1) is 11.3 Å². The number of hydrogen-bond donors (Lipinski definition) is 2. The molecule has 0 fully saturated rings. The summed E-state index contributed by atoms with van der Waals surface area (Å²) in [6, 6.07) is 6.47. The van der Waals surface area contributed by atoms with Gasteiger partial charge in [0.2, 0.25) is 11.7 Å². The molecule has 0 atom stereocenters. The summed E-state index contributed by atoms with van der Waals surface area (Å²) in [4.78, 5) is 19.7. The SMILES string of the molecule is Cc1nc(N)nc(N)c1C#CC(=O)c1ccc(Cl)cc1. The minimum atomic E-state index is -0.336. The predicted molar refractivity (Wildman–Crippen MR) is 78.3 cm³/mol. The monoisotopic (exact) mass is 286 g/mol. The van der Waals surface area contributed by atoms with E-state index >= 15 is 0 Å². The molecule has 0 aliphatic heterocycles. The van der Waals surface area contributed by atoms with E-state index in [-0.39, 0.29) is 17.5 Å². The summed E-state index contributed by atoms with van der Waals surface area (Å²) in [6.07, 6.45) is 0. The van der Waals surface area contributed by atoms with Crippen molar-refractivity contribution in [2.24, 2.45) is 0 Å². The van der Waals surface area contributed by atoms with E-state index in [1.54, 1.807) is 31.2 Å². The maximum absolute atomic E-state index is 11.9. The smallest absolute Gasteiger partial charge is 0.236 e. The lowest BCUT2D eigenvalue weighted by Gasteiger charge is -2.02. The third-order valence-electron chi connectivity index (χ3n) is 2.54. The number of carbonyl (C=O) groups is 1. The van der Waals surface area contributed by atoms with Crippen molar-refractivity contribution >= 4 is 29.2 Å². The first kappa shape index (κ1) is 13.8. The lowest BCUT2D eigenvalue weighted by atomic mass is 10.1. The first-order valence-corrected chi connectivity index (χ1v) is 6.06. The molecule has 2 aromatic rings. The molecule has 0 radical (unpaired) electrons. The van der Waals surface area contributed by atoms with Gasteiger partial charge in [-0.25, -0.2) is 4.98 Å². The van der Waals surface area contributed by atoms with Crippen LogP contribution in [0.2, 0.25) is 5.02 Å². The van der Waals surface area contributed by atoms with Crippen LogP contribution in [0.1, 0.15) is 21.6 Å². The van der Waals surface area contributed by atoms with Gasteiger partial charge in [-0.15, -0.1) is 0 Å². The summed E-state index contributed by atoms with van der Waals surface area (Å²) < 4.78 is 0. The van der Waals surface area contributed by atoms with Crippen LogP contribution in [0.3, 0.4) is 0 Å². The number of halogens is 1. The molecule has 1 aromatic heterocycles. The van der Waals surface area contributed by atoms with Gasteiger partial charge in [0, 0.05) is 10.6 Å². The first-order valence-electron chi connectivity index (χ1n) is 5.69. The normalized spacial score (nSPS) is 9.70. The van der Waals surface area contributed by atoms with Gasteiger partial charge < -0.3 is 11.5 Å². The summed E-state index contributed by atoms with van der Waals surface area (Å²) in [5.41, 5.74) is 12.6. The van der Waals surface area contributed by atoms with Gasteiger partial charge in [0.25, 0.3) is 0 Å². The molecule has 100 valence electrons. The first-order chi connectivity index (χ1) is 9.47. The number of hydrogen-bond acceptors (Lipinski definition) is 5. The fraction of sp³-hybridized carbons (Fsp3) is 0.0714. The van der Waals surface area contributed by atoms with Crippen molar-refractivity contribution in [2.45, 2.75) is 6.92 Å². The average Bonchev–Trinajstić information content (AvgIpc) is 2.38. The molecule has 6 heteroatoms. The Labute approximate surface area is 121 Å². The Morgan fingerprint density at radius 3 is 2.45 bits per heavy atom. The number of nitrogens with two attached hydrogens (primary N) is 2. The van der Waals surface area contributed by atoms with Crippen molar-refractivity contribution in [1.29, 1.82) is 0 Å². The molecule has 4 N–H and O–H groups in total. The lowest BCUT2D eigenvalue weighted by molar-refractivity contribution is 0.105. The zero-order valence-electron chi connectivity index (χ0n) is 10.6. The molecule has 0 aliphatic carbocycles. The molecule has 0 amide bonds. The Morgan fingerprint density at radius 1 is 1.20 bits per heavy atom. The molecule has 0 saturated carbocycles. The molecule has 0 spiro atoms. The number of ketones is 1. The van der Waals surface area contributed by atoms with Crippen LogP contribution in [0.5, 0.6) is 0 Å². The second kappa shape index (κ2) is 5.59. The molecule has 0 saturated heterocycles. The van der Waals surface area contributed by atoms with E-state index in [1.807, 2.05) is 0 Å². The molecule has 20 heavy (non-hydrogen) atoms. The number of Topliss-reactive ketones (excluding diaryl/α,β-unsaturated/α-hetero) is 1. The molecule has 2 rings (SSSR count). The Kier molecular flexibility index (Phi) is 3.87. The largest absolute Gasteiger partial charge is 0.382 e. The topological polar surface area (TPSA) is 94.9 Å². The molecule has 0 unspecified atom stereocenters. The number of aromatic nitrogens is 2. The standard InChI is InChI=1S/C14H11ClN4O/c1-8-11(13(16)19-14(17)18-8)6-7-12(20)9-2-4-10(15)5-3-9/h2-5H,1H3,(H4,16,17,18,19). The Morgan fingerprint density at radius 2 is 1.85 bits per heavy atom. The molecule has 5 nitrogen and oxygen atoms in total. The van der Waals surface area contributed by atoms with Gasteiger partial charge in [0.1, 0.15) is 5.82 Å². The number of nitrogens with zero attached hydrogens (tertiary/aromatic N) is 2. The summed E-state index contributed by atoms with van der Waals surface area (Å²) in [5.74, 6) is 5.09. The fourth-order valence-corrected chi connectivity index (χ4v) is 1.69. The number of rotatable bonds is 1. The Hall–Kier alpha value is -2.58. The minimum absolute atomic E-state index is 0.0783. The van der Waals surface area contributed by atoms with Gasteiger partial charge in [0.15, 0.2) is 0 Å². The molecule has 0 aliphatic rings. The van der Waals surface area contributed by atoms with Crippen molar-refractivity contribution in [3.8, 4) is 11.8 Å². The maximum atomic E-state index is 11.9. The zero-order valence-corrected chi connectivity index (χ0v) is 11.4. The average molecular weight is 287 g/mol. The van der Waals surface area contributed by atoms with Gasteiger partial charge in [-0.3, -0.25) is 4.79 Å². The third-order valence-corrected chi connectivity index (χ3v) is 2.79. The van der Waals surface area contributed by atoms with Crippen molar-refractivity contribution < 1.29 is 4.79 Å². The van der Waals surface area contributed by atoms with E-state index in [0.717, 1.165) is 0 Å². The third kappa shape index (κ3) is 3.05. The highest BCUT2D eigenvalue weighted by atomic mass is 35.5. The second-order valence-electron chi connectivity index (χ2n) is 4.01. The lowest BCUT2D eigenvalue weighted by Crippen LogP contribution is -2.05. The van der Waals surface area contributed by atoms with Crippen molar-refractivity contribution in [2.75, 3.05) is 11.5 Å². The van der Waals surface area contributed by atoms with E-state index in [2.05, 4.69) is 21.8 Å². The van der Waals surface area contributed by atoms with E-state index < -0.39 is 0 Å². The number of anilines is 2. The van der Waals surface area contributed by atoms with Crippen molar-refractivity contribution in [1.82, 2.24) is 9.97 Å². The van der Waals surface area contributed by atoms with E-state index in [0.29, 0.717) is 21.8 Å². The fourth-order valence-electron chi connectivity index (χ4n) is 1.56. The maximum Gasteiger partial charge on any atom is 0.236 e. The van der Waals surface area contributed by atoms with Crippen LogP contribution >= 0.6 is 11.6 Å². The summed E-state index contributed by atoms with van der Waals surface area (Å²) >= 11 is 5.75. The summed E-state index contributed by atoms with van der Waals surface area (Å²) in [6.45, 7) is 1.70. The van der Waals surface area contributed by atoms with E-state index in [4.69, 9.17) is 23.1 Å². The van der Waals surface area contributed by atoms with Crippen LogP contribution in [0.25, 0.3) is 0 Å². The summed E-state index contributed by atoms with van der Waals surface area (Å²) in [5, 5.41) is 0.557. The predicted octanol–water partition coefficient (Wildman–Crippen LogP) is 1.84. The zero-order chi connectivity index (χ0) is 14.7. The number of benzene rings is 1. The van der Waals surface area contributed by atoms with Gasteiger partial charge >= 0.3 is 0 Å². The van der Waals surface area contributed by atoms with Crippen LogP contribution in [0, 0.1) is 18.8 Å². The number of aryl methyl sites for hydroxylation is 1. The highest BCUT2D eigenvalue weighted by molar-refractivity contribution is 6.30. The van der Waals surface area contributed by atoms with E-state index in [1.165, 1.54) is 0 Å². The van der Waals surface area contributed by atoms with Crippen LogP contribution in [0.4, 0.5) is 11.8 Å².